The van der Waals surface area contributed by atoms with Crippen molar-refractivity contribution in [3.63, 3.8) is 0 Å². The lowest BCUT2D eigenvalue weighted by Crippen LogP contribution is -2.41. The molecule has 2 aromatic heterocycles. The standard InChI is InChI=1S/C20H25N5O2/c1-3-24-10-6-7-14(24)11-21-18(26)13-25-17-9-5-4-8-15(17)16-12-22-23(2)20(27)19(16)25/h4-5,8-9,12,14H,3,6-7,10-11,13H2,1-2H3,(H,21,26)/t14-/m0/s1. The maximum atomic E-state index is 12.7. The number of amides is 1. The third-order valence-electron chi connectivity index (χ3n) is 5.61. The first-order valence-electron chi connectivity index (χ1n) is 9.54. The van der Waals surface area contributed by atoms with Crippen LogP contribution in [-0.4, -0.2) is 50.8 Å². The van der Waals surface area contributed by atoms with Gasteiger partial charge >= 0.3 is 0 Å². The molecule has 7 nitrogen and oxygen atoms in total. The van der Waals surface area contributed by atoms with E-state index < -0.39 is 0 Å². The van der Waals surface area contributed by atoms with Crippen LogP contribution in [0.5, 0.6) is 0 Å². The third kappa shape index (κ3) is 3.12. The van der Waals surface area contributed by atoms with Crippen LogP contribution in [0.3, 0.4) is 0 Å². The molecule has 1 amide bonds. The summed E-state index contributed by atoms with van der Waals surface area (Å²) in [4.78, 5) is 27.8. The fourth-order valence-corrected chi connectivity index (χ4v) is 4.18. The summed E-state index contributed by atoms with van der Waals surface area (Å²) in [7, 11) is 1.63. The Labute approximate surface area is 157 Å². The van der Waals surface area contributed by atoms with Crippen LogP contribution >= 0.6 is 0 Å². The summed E-state index contributed by atoms with van der Waals surface area (Å²) in [5.74, 6) is -0.0699. The van der Waals surface area contributed by atoms with E-state index in [-0.39, 0.29) is 18.0 Å². The normalized spacial score (nSPS) is 17.8. The van der Waals surface area contributed by atoms with E-state index >= 15 is 0 Å². The van der Waals surface area contributed by atoms with Gasteiger partial charge in [-0.15, -0.1) is 0 Å². The number of fused-ring (bicyclic) bond motifs is 3. The summed E-state index contributed by atoms with van der Waals surface area (Å²) in [6, 6.07) is 8.17. The zero-order valence-corrected chi connectivity index (χ0v) is 15.8. The van der Waals surface area contributed by atoms with E-state index in [0.29, 0.717) is 18.1 Å². The molecule has 4 rings (SSSR count). The van der Waals surface area contributed by atoms with Gasteiger partial charge in [0.15, 0.2) is 0 Å². The number of hydrogen-bond donors (Lipinski definition) is 1. The number of aromatic nitrogens is 3. The van der Waals surface area contributed by atoms with Crippen LogP contribution in [0.1, 0.15) is 19.8 Å². The molecule has 0 unspecified atom stereocenters. The highest BCUT2D eigenvalue weighted by molar-refractivity contribution is 6.07. The lowest BCUT2D eigenvalue weighted by molar-refractivity contribution is -0.121. The molecule has 0 saturated carbocycles. The molecule has 27 heavy (non-hydrogen) atoms. The number of benzene rings is 1. The van der Waals surface area contributed by atoms with Crippen LogP contribution in [0.15, 0.2) is 35.3 Å². The molecule has 0 radical (unpaired) electrons. The molecular weight excluding hydrogens is 342 g/mol. The van der Waals surface area contributed by atoms with Crippen LogP contribution in [0, 0.1) is 0 Å². The molecule has 1 aromatic carbocycles. The van der Waals surface area contributed by atoms with Gasteiger partial charge in [-0.1, -0.05) is 25.1 Å². The van der Waals surface area contributed by atoms with Crippen LogP contribution in [0.4, 0.5) is 0 Å². The van der Waals surface area contributed by atoms with E-state index in [1.165, 1.54) is 11.1 Å². The van der Waals surface area contributed by atoms with Crippen molar-refractivity contribution >= 4 is 27.7 Å². The number of likely N-dealkylation sites (N-methyl/N-ethyl adjacent to an activating group) is 1. The number of aryl methyl sites for hydroxylation is 1. The van der Waals surface area contributed by atoms with Crippen LogP contribution in [0.2, 0.25) is 0 Å². The summed E-state index contributed by atoms with van der Waals surface area (Å²) in [6.45, 7) is 5.05. The topological polar surface area (TPSA) is 72.2 Å². The van der Waals surface area contributed by atoms with E-state index in [1.54, 1.807) is 13.2 Å². The van der Waals surface area contributed by atoms with Crippen LogP contribution in [0.25, 0.3) is 21.8 Å². The molecule has 1 fully saturated rings. The van der Waals surface area contributed by atoms with Crippen molar-refractivity contribution in [3.05, 3.63) is 40.8 Å². The molecule has 3 heterocycles. The monoisotopic (exact) mass is 367 g/mol. The van der Waals surface area contributed by atoms with E-state index in [9.17, 15) is 9.59 Å². The number of para-hydroxylation sites is 1. The minimum Gasteiger partial charge on any atom is -0.353 e. The van der Waals surface area contributed by atoms with E-state index in [2.05, 4.69) is 22.2 Å². The highest BCUT2D eigenvalue weighted by atomic mass is 16.2. The van der Waals surface area contributed by atoms with Crippen molar-refractivity contribution in [2.75, 3.05) is 19.6 Å². The number of nitrogens with one attached hydrogen (secondary N) is 1. The average molecular weight is 367 g/mol. The number of hydrogen-bond acceptors (Lipinski definition) is 4. The van der Waals surface area contributed by atoms with Crippen molar-refractivity contribution in [2.45, 2.75) is 32.4 Å². The zero-order valence-electron chi connectivity index (χ0n) is 15.8. The second kappa shape index (κ2) is 7.15. The third-order valence-corrected chi connectivity index (χ3v) is 5.61. The molecule has 0 aliphatic carbocycles. The van der Waals surface area contributed by atoms with Crippen molar-refractivity contribution in [1.29, 1.82) is 0 Å². The Bertz CT molecular complexity index is 1050. The van der Waals surface area contributed by atoms with Gasteiger partial charge in [-0.3, -0.25) is 14.5 Å². The first-order valence-corrected chi connectivity index (χ1v) is 9.54. The quantitative estimate of drug-likeness (QED) is 0.742. The second-order valence-corrected chi connectivity index (χ2v) is 7.17. The number of carbonyl (C=O) groups excluding carboxylic acids is 1. The fourth-order valence-electron chi connectivity index (χ4n) is 4.18. The molecule has 3 aromatic rings. The largest absolute Gasteiger partial charge is 0.353 e. The zero-order chi connectivity index (χ0) is 19.0. The Morgan fingerprint density at radius 2 is 2.11 bits per heavy atom. The minimum atomic E-state index is -0.190. The molecule has 0 spiro atoms. The molecule has 1 N–H and O–H groups in total. The predicted octanol–water partition coefficient (Wildman–Crippen LogP) is 1.49. The Morgan fingerprint density at radius 1 is 1.30 bits per heavy atom. The maximum absolute atomic E-state index is 12.7. The van der Waals surface area contributed by atoms with Crippen LogP contribution in [-0.2, 0) is 18.4 Å². The van der Waals surface area contributed by atoms with Gasteiger partial charge in [0.2, 0.25) is 5.91 Å². The van der Waals surface area contributed by atoms with Gasteiger partial charge in [0, 0.05) is 35.9 Å². The Hall–Kier alpha value is -2.67. The number of nitrogens with zero attached hydrogens (tertiary/aromatic N) is 4. The minimum absolute atomic E-state index is 0.0699. The molecular formula is C20H25N5O2. The lowest BCUT2D eigenvalue weighted by Gasteiger charge is -2.23. The van der Waals surface area contributed by atoms with E-state index in [4.69, 9.17) is 0 Å². The first-order chi connectivity index (χ1) is 13.1. The Morgan fingerprint density at radius 3 is 2.93 bits per heavy atom. The van der Waals surface area contributed by atoms with Crippen molar-refractivity contribution in [3.8, 4) is 0 Å². The predicted molar refractivity (Wildman–Crippen MR) is 106 cm³/mol. The summed E-state index contributed by atoms with van der Waals surface area (Å²) < 4.78 is 3.13. The van der Waals surface area contributed by atoms with Gasteiger partial charge in [0.1, 0.15) is 12.1 Å². The molecule has 1 saturated heterocycles. The summed E-state index contributed by atoms with van der Waals surface area (Å²) in [5, 5.41) is 8.93. The van der Waals surface area contributed by atoms with Crippen molar-refractivity contribution in [1.82, 2.24) is 24.6 Å². The SMILES string of the molecule is CCN1CCC[C@H]1CNC(=O)Cn1c2ccccc2c2cnn(C)c(=O)c21. The smallest absolute Gasteiger partial charge is 0.291 e. The summed E-state index contributed by atoms with van der Waals surface area (Å²) in [5.41, 5.74) is 1.22. The lowest BCUT2D eigenvalue weighted by atomic mass is 10.2. The van der Waals surface area contributed by atoms with Gasteiger partial charge in [-0.05, 0) is 32.0 Å². The van der Waals surface area contributed by atoms with Crippen LogP contribution < -0.4 is 10.9 Å². The molecule has 7 heteroatoms. The van der Waals surface area contributed by atoms with E-state index in [0.717, 1.165) is 35.8 Å². The second-order valence-electron chi connectivity index (χ2n) is 7.17. The van der Waals surface area contributed by atoms with E-state index in [1.807, 2.05) is 28.8 Å². The Kier molecular flexibility index (Phi) is 4.70. The molecule has 1 aliphatic heterocycles. The number of rotatable bonds is 5. The van der Waals surface area contributed by atoms with Crippen molar-refractivity contribution in [2.24, 2.45) is 7.05 Å². The highest BCUT2D eigenvalue weighted by Crippen LogP contribution is 2.26. The summed E-state index contributed by atoms with van der Waals surface area (Å²) >= 11 is 0. The number of carbonyl (C=O) groups is 1. The van der Waals surface area contributed by atoms with Crippen molar-refractivity contribution < 1.29 is 4.79 Å². The molecule has 0 bridgehead atoms. The Balaban J connectivity index is 1.63. The van der Waals surface area contributed by atoms with Gasteiger partial charge in [0.25, 0.3) is 5.56 Å². The first kappa shape index (κ1) is 17.7. The van der Waals surface area contributed by atoms with Gasteiger partial charge in [-0.2, -0.15) is 5.10 Å². The maximum Gasteiger partial charge on any atom is 0.291 e. The van der Waals surface area contributed by atoms with Gasteiger partial charge in [0.05, 0.1) is 6.20 Å². The summed E-state index contributed by atoms with van der Waals surface area (Å²) in [6.07, 6.45) is 4.01. The van der Waals surface area contributed by atoms with Gasteiger partial charge in [-0.25, -0.2) is 4.68 Å². The number of likely N-dealkylation sites (tertiary alicyclic amines) is 1. The highest BCUT2D eigenvalue weighted by Gasteiger charge is 2.23. The molecule has 142 valence electrons. The average Bonchev–Trinajstić information content (AvgIpc) is 3.26. The van der Waals surface area contributed by atoms with Gasteiger partial charge < -0.3 is 9.88 Å². The molecule has 1 atom stereocenters. The fraction of sp³-hybridized carbons (Fsp3) is 0.450. The molecule has 1 aliphatic rings.